The van der Waals surface area contributed by atoms with Gasteiger partial charge in [-0.1, -0.05) is 29.8 Å². The number of hydrogen-bond donors (Lipinski definition) is 0. The van der Waals surface area contributed by atoms with Gasteiger partial charge in [-0.3, -0.25) is 0 Å². The van der Waals surface area contributed by atoms with Crippen LogP contribution in [0.25, 0.3) is 10.2 Å². The van der Waals surface area contributed by atoms with E-state index in [1.165, 1.54) is 11.3 Å². The van der Waals surface area contributed by atoms with Crippen LogP contribution in [-0.4, -0.2) is 16.0 Å². The molecule has 3 aromatic rings. The first-order valence-corrected chi connectivity index (χ1v) is 8.22. The summed E-state index contributed by atoms with van der Waals surface area (Å²) in [6.07, 6.45) is 1.07. The van der Waals surface area contributed by atoms with Gasteiger partial charge in [0.1, 0.15) is 9.98 Å². The fraction of sp³-hybridized carbons (Fsp3) is 0.250. The third-order valence-electron chi connectivity index (χ3n) is 3.99. The van der Waals surface area contributed by atoms with E-state index in [1.54, 1.807) is 11.3 Å². The van der Waals surface area contributed by atoms with Gasteiger partial charge in [-0.25, -0.2) is 9.97 Å². The van der Waals surface area contributed by atoms with Gasteiger partial charge < -0.3 is 4.90 Å². The number of benzene rings is 1. The van der Waals surface area contributed by atoms with Crippen LogP contribution in [0.2, 0.25) is 5.15 Å². The van der Waals surface area contributed by atoms with Gasteiger partial charge in [0.05, 0.1) is 6.54 Å². The normalized spacial score (nSPS) is 17.4. The number of aromatic nitrogens is 2. The molecule has 3 heterocycles. The maximum absolute atomic E-state index is 6.26. The molecule has 5 heteroatoms. The first kappa shape index (κ1) is 13.0. The summed E-state index contributed by atoms with van der Waals surface area (Å²) < 4.78 is 0. The van der Waals surface area contributed by atoms with Crippen molar-refractivity contribution in [1.29, 1.82) is 0 Å². The lowest BCUT2D eigenvalue weighted by Crippen LogP contribution is -2.29. The second-order valence-electron chi connectivity index (χ2n) is 5.38. The summed E-state index contributed by atoms with van der Waals surface area (Å²) in [7, 11) is 0. The molecule has 0 saturated carbocycles. The Morgan fingerprint density at radius 3 is 3.05 bits per heavy atom. The second kappa shape index (κ2) is 4.97. The predicted octanol–water partition coefficient (Wildman–Crippen LogP) is 4.30. The average Bonchev–Trinajstić information content (AvgIpc) is 3.05. The number of para-hydroxylation sites is 1. The largest absolute Gasteiger partial charge is 0.361 e. The van der Waals surface area contributed by atoms with Crippen molar-refractivity contribution >= 4 is 38.8 Å². The zero-order valence-electron chi connectivity index (χ0n) is 11.6. The Kier molecular flexibility index (Phi) is 3.08. The fourth-order valence-corrected chi connectivity index (χ4v) is 4.04. The summed E-state index contributed by atoms with van der Waals surface area (Å²) >= 11 is 7.87. The highest BCUT2D eigenvalue weighted by atomic mass is 35.5. The minimum Gasteiger partial charge on any atom is -0.361 e. The quantitative estimate of drug-likeness (QED) is 0.660. The summed E-state index contributed by atoms with van der Waals surface area (Å²) in [6.45, 7) is 2.94. The molecule has 0 spiro atoms. The Balaban J connectivity index is 1.71. The molecule has 1 aliphatic heterocycles. The smallest absolute Gasteiger partial charge is 0.151 e. The molecular weight excluding hydrogens is 302 g/mol. The standard InChI is InChI=1S/C16H14ClN3S/c1-10-8-11-4-2-3-5-13(11)20(10)9-14-18-15(17)12-6-7-21-16(12)19-14/h2-7,10H,8-9H2,1H3. The lowest BCUT2D eigenvalue weighted by Gasteiger charge is -2.24. The highest BCUT2D eigenvalue weighted by molar-refractivity contribution is 7.16. The molecular formula is C16H14ClN3S. The minimum absolute atomic E-state index is 0.462. The molecule has 1 aliphatic rings. The van der Waals surface area contributed by atoms with Gasteiger partial charge in [-0.15, -0.1) is 11.3 Å². The zero-order valence-corrected chi connectivity index (χ0v) is 13.2. The summed E-state index contributed by atoms with van der Waals surface area (Å²) in [5.41, 5.74) is 2.68. The molecule has 0 N–H and O–H groups in total. The van der Waals surface area contributed by atoms with E-state index < -0.39 is 0 Å². The lowest BCUT2D eigenvalue weighted by atomic mass is 10.1. The van der Waals surface area contributed by atoms with E-state index in [0.717, 1.165) is 22.5 Å². The van der Waals surface area contributed by atoms with Crippen molar-refractivity contribution in [1.82, 2.24) is 9.97 Å². The van der Waals surface area contributed by atoms with Crippen molar-refractivity contribution < 1.29 is 0 Å². The molecule has 0 radical (unpaired) electrons. The Labute approximate surface area is 132 Å². The Bertz CT molecular complexity index is 814. The monoisotopic (exact) mass is 315 g/mol. The number of fused-ring (bicyclic) bond motifs is 2. The number of anilines is 1. The van der Waals surface area contributed by atoms with Crippen LogP contribution in [0.3, 0.4) is 0 Å². The van der Waals surface area contributed by atoms with E-state index in [4.69, 9.17) is 11.6 Å². The van der Waals surface area contributed by atoms with Gasteiger partial charge in [0.25, 0.3) is 0 Å². The first-order valence-electron chi connectivity index (χ1n) is 6.96. The van der Waals surface area contributed by atoms with Crippen LogP contribution in [0.1, 0.15) is 18.3 Å². The fourth-order valence-electron chi connectivity index (χ4n) is 2.95. The van der Waals surface area contributed by atoms with Crippen LogP contribution in [0.15, 0.2) is 35.7 Å². The Morgan fingerprint density at radius 2 is 2.14 bits per heavy atom. The summed E-state index contributed by atoms with van der Waals surface area (Å²) in [5.74, 6) is 0.790. The number of thiophene rings is 1. The molecule has 1 aromatic carbocycles. The van der Waals surface area contributed by atoms with Crippen molar-refractivity contribution in [2.45, 2.75) is 25.9 Å². The van der Waals surface area contributed by atoms with Crippen molar-refractivity contribution in [3.05, 3.63) is 52.3 Å². The predicted molar refractivity (Wildman–Crippen MR) is 88.2 cm³/mol. The van der Waals surface area contributed by atoms with Crippen molar-refractivity contribution in [3.63, 3.8) is 0 Å². The number of nitrogens with zero attached hydrogens (tertiary/aromatic N) is 3. The average molecular weight is 316 g/mol. The summed E-state index contributed by atoms with van der Waals surface area (Å²) in [4.78, 5) is 12.4. The van der Waals surface area contributed by atoms with Gasteiger partial charge in [-0.2, -0.15) is 0 Å². The highest BCUT2D eigenvalue weighted by Gasteiger charge is 2.26. The molecule has 0 fully saturated rings. The molecule has 0 amide bonds. The van der Waals surface area contributed by atoms with E-state index in [1.807, 2.05) is 11.4 Å². The lowest BCUT2D eigenvalue weighted by molar-refractivity contribution is 0.657. The van der Waals surface area contributed by atoms with Crippen LogP contribution >= 0.6 is 22.9 Å². The maximum Gasteiger partial charge on any atom is 0.151 e. The maximum atomic E-state index is 6.26. The minimum atomic E-state index is 0.462. The first-order chi connectivity index (χ1) is 10.2. The number of halogens is 1. The van der Waals surface area contributed by atoms with E-state index in [0.29, 0.717) is 17.7 Å². The SMILES string of the molecule is CC1Cc2ccccc2N1Cc1nc(Cl)c2ccsc2n1. The van der Waals surface area contributed by atoms with Gasteiger partial charge in [-0.05, 0) is 36.4 Å². The second-order valence-corrected chi connectivity index (χ2v) is 6.63. The van der Waals surface area contributed by atoms with Crippen LogP contribution in [0.5, 0.6) is 0 Å². The van der Waals surface area contributed by atoms with Crippen molar-refractivity contribution in [3.8, 4) is 0 Å². The van der Waals surface area contributed by atoms with Crippen LogP contribution < -0.4 is 4.90 Å². The van der Waals surface area contributed by atoms with Gasteiger partial charge in [0, 0.05) is 17.1 Å². The van der Waals surface area contributed by atoms with E-state index >= 15 is 0 Å². The molecule has 2 aromatic heterocycles. The van der Waals surface area contributed by atoms with Crippen molar-refractivity contribution in [2.24, 2.45) is 0 Å². The van der Waals surface area contributed by atoms with E-state index in [9.17, 15) is 0 Å². The van der Waals surface area contributed by atoms with Crippen molar-refractivity contribution in [2.75, 3.05) is 4.90 Å². The molecule has 106 valence electrons. The zero-order chi connectivity index (χ0) is 14.4. The Morgan fingerprint density at radius 1 is 1.29 bits per heavy atom. The highest BCUT2D eigenvalue weighted by Crippen LogP contribution is 2.33. The summed E-state index contributed by atoms with van der Waals surface area (Å²) in [6, 6.07) is 11.0. The molecule has 3 nitrogen and oxygen atoms in total. The van der Waals surface area contributed by atoms with E-state index in [-0.39, 0.29) is 0 Å². The third kappa shape index (κ3) is 2.19. The molecule has 0 aliphatic carbocycles. The topological polar surface area (TPSA) is 29.0 Å². The number of hydrogen-bond acceptors (Lipinski definition) is 4. The van der Waals surface area contributed by atoms with Crippen LogP contribution in [0, 0.1) is 0 Å². The molecule has 0 bridgehead atoms. The van der Waals surface area contributed by atoms with Gasteiger partial charge >= 0.3 is 0 Å². The van der Waals surface area contributed by atoms with Gasteiger partial charge in [0.2, 0.25) is 0 Å². The van der Waals surface area contributed by atoms with Crippen LogP contribution in [0.4, 0.5) is 5.69 Å². The third-order valence-corrected chi connectivity index (χ3v) is 5.08. The van der Waals surface area contributed by atoms with Crippen LogP contribution in [-0.2, 0) is 13.0 Å². The molecule has 4 rings (SSSR count). The summed E-state index contributed by atoms with van der Waals surface area (Å²) in [5, 5.41) is 3.50. The molecule has 1 unspecified atom stereocenters. The molecule has 0 saturated heterocycles. The molecule has 21 heavy (non-hydrogen) atoms. The number of rotatable bonds is 2. The Hall–Kier alpha value is -1.65. The van der Waals surface area contributed by atoms with Gasteiger partial charge in [0.15, 0.2) is 5.82 Å². The van der Waals surface area contributed by atoms with E-state index in [2.05, 4.69) is 46.1 Å². The molecule has 1 atom stereocenters.